The lowest BCUT2D eigenvalue weighted by atomic mass is 10.1. The molecule has 1 aliphatic rings. The summed E-state index contributed by atoms with van der Waals surface area (Å²) in [6.45, 7) is 3.88. The van der Waals surface area contributed by atoms with Crippen LogP contribution in [0.4, 0.5) is 10.5 Å². The van der Waals surface area contributed by atoms with Crippen molar-refractivity contribution in [1.82, 2.24) is 10.6 Å². The number of hydrogen-bond donors (Lipinski definition) is 2. The number of carbonyl (C=O) groups excluding carboxylic acids is 1. The van der Waals surface area contributed by atoms with Gasteiger partial charge in [-0.1, -0.05) is 15.9 Å². The van der Waals surface area contributed by atoms with E-state index in [1.54, 1.807) is 0 Å². The van der Waals surface area contributed by atoms with Gasteiger partial charge in [-0.15, -0.1) is 0 Å². The molecule has 0 spiro atoms. The van der Waals surface area contributed by atoms with E-state index in [4.69, 9.17) is 0 Å². The number of carbonyl (C=O) groups is 1. The van der Waals surface area contributed by atoms with Gasteiger partial charge in [0.25, 0.3) is 0 Å². The largest absolute Gasteiger partial charge is 0.453 e. The standard InChI is InChI=1S/C15H22BrN3O2/c1-10(17-2)13-8-11(16)4-5-14(13)19-7-6-12(9-19)18-15(20)21-3/h4-5,8,10,12,17H,6-7,9H2,1-3H3,(H,18,20). The van der Waals surface area contributed by atoms with Gasteiger partial charge < -0.3 is 20.3 Å². The molecule has 1 aromatic rings. The number of alkyl carbamates (subject to hydrolysis) is 1. The highest BCUT2D eigenvalue weighted by Gasteiger charge is 2.26. The lowest BCUT2D eigenvalue weighted by Crippen LogP contribution is -2.37. The average molecular weight is 356 g/mol. The van der Waals surface area contributed by atoms with E-state index in [1.165, 1.54) is 18.4 Å². The fraction of sp³-hybridized carbons (Fsp3) is 0.533. The molecule has 0 bridgehead atoms. The van der Waals surface area contributed by atoms with E-state index in [0.717, 1.165) is 24.0 Å². The first kappa shape index (κ1) is 16.1. The first-order valence-corrected chi connectivity index (χ1v) is 7.90. The second-order valence-corrected chi connectivity index (χ2v) is 6.20. The van der Waals surface area contributed by atoms with E-state index in [2.05, 4.69) is 61.3 Å². The number of amides is 1. The Kier molecular flexibility index (Phi) is 5.47. The number of nitrogens with one attached hydrogen (secondary N) is 2. The van der Waals surface area contributed by atoms with Crippen LogP contribution >= 0.6 is 15.9 Å². The van der Waals surface area contributed by atoms with Crippen molar-refractivity contribution in [3.63, 3.8) is 0 Å². The maximum atomic E-state index is 11.3. The monoisotopic (exact) mass is 355 g/mol. The molecule has 0 aliphatic carbocycles. The summed E-state index contributed by atoms with van der Waals surface area (Å²) in [7, 11) is 3.35. The molecule has 1 aromatic carbocycles. The van der Waals surface area contributed by atoms with E-state index in [1.807, 2.05) is 7.05 Å². The third kappa shape index (κ3) is 3.89. The van der Waals surface area contributed by atoms with E-state index < -0.39 is 0 Å². The first-order chi connectivity index (χ1) is 10.0. The van der Waals surface area contributed by atoms with Gasteiger partial charge in [-0.05, 0) is 44.2 Å². The second kappa shape index (κ2) is 7.13. The molecule has 0 aromatic heterocycles. The Morgan fingerprint density at radius 1 is 1.52 bits per heavy atom. The molecule has 1 aliphatic heterocycles. The number of anilines is 1. The summed E-state index contributed by atoms with van der Waals surface area (Å²) in [4.78, 5) is 13.6. The van der Waals surface area contributed by atoms with E-state index in [-0.39, 0.29) is 18.2 Å². The number of rotatable bonds is 4. The zero-order chi connectivity index (χ0) is 15.4. The summed E-state index contributed by atoms with van der Waals surface area (Å²) in [5, 5.41) is 6.16. The lowest BCUT2D eigenvalue weighted by molar-refractivity contribution is 0.167. The SMILES string of the molecule is CNC(C)c1cc(Br)ccc1N1CCC(NC(=O)OC)C1. The lowest BCUT2D eigenvalue weighted by Gasteiger charge is -2.25. The van der Waals surface area contributed by atoms with Crippen molar-refractivity contribution >= 4 is 27.7 Å². The molecule has 6 heteroatoms. The van der Waals surface area contributed by atoms with Gasteiger partial charge >= 0.3 is 6.09 Å². The van der Waals surface area contributed by atoms with Crippen molar-refractivity contribution in [2.45, 2.75) is 25.4 Å². The molecule has 5 nitrogen and oxygen atoms in total. The molecule has 0 radical (unpaired) electrons. The van der Waals surface area contributed by atoms with Gasteiger partial charge in [0.1, 0.15) is 0 Å². The molecule has 2 N–H and O–H groups in total. The Labute approximate surface area is 134 Å². The Bertz CT molecular complexity index is 510. The summed E-state index contributed by atoms with van der Waals surface area (Å²) in [6.07, 6.45) is 0.569. The minimum absolute atomic E-state index is 0.138. The predicted molar refractivity (Wildman–Crippen MR) is 87.8 cm³/mol. The number of methoxy groups -OCH3 is 1. The Hall–Kier alpha value is -1.27. The van der Waals surface area contributed by atoms with Crippen LogP contribution in [0.5, 0.6) is 0 Å². The van der Waals surface area contributed by atoms with Gasteiger partial charge in [-0.2, -0.15) is 0 Å². The molecular formula is C15H22BrN3O2. The van der Waals surface area contributed by atoms with Crippen LogP contribution in [0.3, 0.4) is 0 Å². The van der Waals surface area contributed by atoms with Crippen LogP contribution in [0.15, 0.2) is 22.7 Å². The van der Waals surface area contributed by atoms with Gasteiger partial charge in [-0.3, -0.25) is 0 Å². The fourth-order valence-electron chi connectivity index (χ4n) is 2.64. The maximum Gasteiger partial charge on any atom is 0.407 e. The third-order valence-electron chi connectivity index (χ3n) is 3.93. The van der Waals surface area contributed by atoms with Gasteiger partial charge in [0.2, 0.25) is 0 Å². The topological polar surface area (TPSA) is 53.6 Å². The van der Waals surface area contributed by atoms with E-state index in [9.17, 15) is 4.79 Å². The molecule has 2 unspecified atom stereocenters. The number of benzene rings is 1. The summed E-state index contributed by atoms with van der Waals surface area (Å²) >= 11 is 3.54. The minimum atomic E-state index is -0.360. The summed E-state index contributed by atoms with van der Waals surface area (Å²) < 4.78 is 5.74. The Balaban J connectivity index is 2.14. The molecule has 0 saturated carbocycles. The summed E-state index contributed by atoms with van der Waals surface area (Å²) in [6, 6.07) is 6.75. The molecule has 2 rings (SSSR count). The highest BCUT2D eigenvalue weighted by molar-refractivity contribution is 9.10. The van der Waals surface area contributed by atoms with Crippen LogP contribution in [-0.2, 0) is 4.74 Å². The van der Waals surface area contributed by atoms with Crippen molar-refractivity contribution in [2.24, 2.45) is 0 Å². The first-order valence-electron chi connectivity index (χ1n) is 7.11. The number of ether oxygens (including phenoxy) is 1. The third-order valence-corrected chi connectivity index (χ3v) is 4.42. The highest BCUT2D eigenvalue weighted by Crippen LogP contribution is 2.31. The van der Waals surface area contributed by atoms with Crippen molar-refractivity contribution in [2.75, 3.05) is 32.1 Å². The smallest absolute Gasteiger partial charge is 0.407 e. The molecule has 1 saturated heterocycles. The number of hydrogen-bond acceptors (Lipinski definition) is 4. The van der Waals surface area contributed by atoms with Crippen LogP contribution in [0, 0.1) is 0 Å². The normalized spacial score (nSPS) is 19.4. The predicted octanol–water partition coefficient (Wildman–Crippen LogP) is 2.66. The molecule has 21 heavy (non-hydrogen) atoms. The van der Waals surface area contributed by atoms with Crippen LogP contribution in [0.1, 0.15) is 24.9 Å². The highest BCUT2D eigenvalue weighted by atomic mass is 79.9. The summed E-state index contributed by atoms with van der Waals surface area (Å²) in [5.74, 6) is 0. The van der Waals surface area contributed by atoms with Gasteiger partial charge in [-0.25, -0.2) is 4.79 Å². The molecule has 1 heterocycles. The molecule has 1 amide bonds. The fourth-order valence-corrected chi connectivity index (χ4v) is 3.02. The van der Waals surface area contributed by atoms with E-state index >= 15 is 0 Å². The van der Waals surface area contributed by atoms with Crippen molar-refractivity contribution in [3.8, 4) is 0 Å². The van der Waals surface area contributed by atoms with Gasteiger partial charge in [0.05, 0.1) is 13.2 Å². The van der Waals surface area contributed by atoms with E-state index in [0.29, 0.717) is 0 Å². The van der Waals surface area contributed by atoms with Crippen LogP contribution in [-0.4, -0.2) is 39.4 Å². The number of nitrogens with zero attached hydrogens (tertiary/aromatic N) is 1. The van der Waals surface area contributed by atoms with Crippen LogP contribution in [0.2, 0.25) is 0 Å². The van der Waals surface area contributed by atoms with Crippen molar-refractivity contribution in [1.29, 1.82) is 0 Å². The zero-order valence-electron chi connectivity index (χ0n) is 12.6. The van der Waals surface area contributed by atoms with Crippen molar-refractivity contribution < 1.29 is 9.53 Å². The summed E-state index contributed by atoms with van der Waals surface area (Å²) in [5.41, 5.74) is 2.47. The van der Waals surface area contributed by atoms with Crippen molar-refractivity contribution in [3.05, 3.63) is 28.2 Å². The minimum Gasteiger partial charge on any atom is -0.453 e. The Morgan fingerprint density at radius 2 is 2.29 bits per heavy atom. The maximum absolute atomic E-state index is 11.3. The van der Waals surface area contributed by atoms with Crippen LogP contribution < -0.4 is 15.5 Å². The molecule has 116 valence electrons. The molecular weight excluding hydrogens is 334 g/mol. The molecule has 1 fully saturated rings. The number of halogens is 1. The molecule has 2 atom stereocenters. The van der Waals surface area contributed by atoms with Gasteiger partial charge in [0.15, 0.2) is 0 Å². The van der Waals surface area contributed by atoms with Crippen LogP contribution in [0.25, 0.3) is 0 Å². The van der Waals surface area contributed by atoms with Gasteiger partial charge in [0, 0.05) is 29.3 Å². The second-order valence-electron chi connectivity index (χ2n) is 5.28. The zero-order valence-corrected chi connectivity index (χ0v) is 14.2. The average Bonchev–Trinajstić information content (AvgIpc) is 2.94. The quantitative estimate of drug-likeness (QED) is 0.871. The Morgan fingerprint density at radius 3 is 2.95 bits per heavy atom.